The molecule has 18 heavy (non-hydrogen) atoms. The molecule has 0 bridgehead atoms. The molecule has 4 N–H and O–H groups in total. The van der Waals surface area contributed by atoms with E-state index in [4.69, 9.17) is 17.4 Å². The third-order valence-electron chi connectivity index (χ3n) is 2.08. The van der Waals surface area contributed by atoms with Crippen molar-refractivity contribution in [2.45, 2.75) is 0 Å². The minimum absolute atomic E-state index is 0.0300. The quantitative estimate of drug-likeness (QED) is 0.595. The first kappa shape index (κ1) is 13.0. The Morgan fingerprint density at radius 1 is 1.39 bits per heavy atom. The third kappa shape index (κ3) is 2.69. The van der Waals surface area contributed by atoms with Crippen LogP contribution in [0.15, 0.2) is 28.9 Å². The predicted octanol–water partition coefficient (Wildman–Crippen LogP) is 3.06. The molecule has 0 unspecified atom stereocenters. The highest BCUT2D eigenvalue weighted by Crippen LogP contribution is 2.28. The molecular formula is C10H8BrClFN5. The van der Waals surface area contributed by atoms with Gasteiger partial charge in [-0.1, -0.05) is 17.7 Å². The number of rotatable bonds is 3. The average Bonchev–Trinajstić information content (AvgIpc) is 2.37. The van der Waals surface area contributed by atoms with Gasteiger partial charge < -0.3 is 5.32 Å². The number of nitrogens with zero attached hydrogens (tertiary/aromatic N) is 2. The summed E-state index contributed by atoms with van der Waals surface area (Å²) in [6.45, 7) is 0. The second kappa shape index (κ2) is 5.47. The van der Waals surface area contributed by atoms with Gasteiger partial charge >= 0.3 is 0 Å². The van der Waals surface area contributed by atoms with E-state index in [1.54, 1.807) is 12.1 Å². The van der Waals surface area contributed by atoms with Crippen molar-refractivity contribution in [3.05, 3.63) is 39.7 Å². The molecule has 0 aliphatic heterocycles. The van der Waals surface area contributed by atoms with Crippen LogP contribution < -0.4 is 16.6 Å². The molecule has 5 nitrogen and oxygen atoms in total. The molecular weight excluding hydrogens is 324 g/mol. The van der Waals surface area contributed by atoms with Crippen molar-refractivity contribution in [2.24, 2.45) is 5.84 Å². The van der Waals surface area contributed by atoms with Crippen LogP contribution in [0.4, 0.5) is 21.8 Å². The molecule has 0 saturated heterocycles. The molecule has 2 aromatic rings. The highest BCUT2D eigenvalue weighted by atomic mass is 79.9. The summed E-state index contributed by atoms with van der Waals surface area (Å²) in [5.74, 6) is 5.24. The van der Waals surface area contributed by atoms with Crippen LogP contribution in [0.3, 0.4) is 0 Å². The molecule has 0 radical (unpaired) electrons. The number of hydrogen-bond donors (Lipinski definition) is 3. The molecule has 1 aromatic heterocycles. The lowest BCUT2D eigenvalue weighted by Gasteiger charge is -2.10. The first-order chi connectivity index (χ1) is 8.61. The zero-order valence-corrected chi connectivity index (χ0v) is 11.3. The van der Waals surface area contributed by atoms with Gasteiger partial charge in [0.15, 0.2) is 11.6 Å². The van der Waals surface area contributed by atoms with Crippen LogP contribution in [-0.4, -0.2) is 9.97 Å². The number of nitrogens with two attached hydrogens (primary N) is 1. The van der Waals surface area contributed by atoms with Gasteiger partial charge in [0, 0.05) is 6.20 Å². The maximum atomic E-state index is 13.7. The van der Waals surface area contributed by atoms with E-state index in [-0.39, 0.29) is 16.7 Å². The van der Waals surface area contributed by atoms with Crippen LogP contribution >= 0.6 is 27.5 Å². The van der Waals surface area contributed by atoms with E-state index in [9.17, 15) is 4.39 Å². The number of benzene rings is 1. The van der Waals surface area contributed by atoms with E-state index >= 15 is 0 Å². The summed E-state index contributed by atoms with van der Waals surface area (Å²) in [5.41, 5.74) is 2.52. The molecule has 0 fully saturated rings. The second-order valence-corrected chi connectivity index (χ2v) is 4.52. The fraction of sp³-hybridized carbons (Fsp3) is 0. The largest absolute Gasteiger partial charge is 0.337 e. The van der Waals surface area contributed by atoms with Crippen LogP contribution in [-0.2, 0) is 0 Å². The number of hydrogen-bond acceptors (Lipinski definition) is 5. The summed E-state index contributed by atoms with van der Waals surface area (Å²) in [4.78, 5) is 7.93. The van der Waals surface area contributed by atoms with Crippen LogP contribution in [0.2, 0.25) is 5.02 Å². The van der Waals surface area contributed by atoms with Crippen molar-refractivity contribution in [2.75, 3.05) is 10.7 Å². The van der Waals surface area contributed by atoms with E-state index in [0.29, 0.717) is 10.3 Å². The summed E-state index contributed by atoms with van der Waals surface area (Å²) in [5, 5.41) is 2.83. The Labute approximate surface area is 116 Å². The molecule has 0 saturated carbocycles. The number of nitrogens with one attached hydrogen (secondary N) is 2. The van der Waals surface area contributed by atoms with Gasteiger partial charge in [0.1, 0.15) is 0 Å². The van der Waals surface area contributed by atoms with Crippen molar-refractivity contribution in [3.8, 4) is 0 Å². The second-order valence-electron chi connectivity index (χ2n) is 3.26. The van der Waals surface area contributed by atoms with Crippen LogP contribution in [0, 0.1) is 5.82 Å². The lowest BCUT2D eigenvalue weighted by Crippen LogP contribution is -2.11. The Hall–Kier alpha value is -1.44. The lowest BCUT2D eigenvalue weighted by atomic mass is 10.3. The first-order valence-corrected chi connectivity index (χ1v) is 5.99. The van der Waals surface area contributed by atoms with E-state index in [1.165, 1.54) is 12.3 Å². The van der Waals surface area contributed by atoms with Gasteiger partial charge in [0.25, 0.3) is 0 Å². The Bertz CT molecular complexity index is 580. The minimum atomic E-state index is -0.549. The summed E-state index contributed by atoms with van der Waals surface area (Å²) in [7, 11) is 0. The zero-order chi connectivity index (χ0) is 13.1. The standard InChI is InChI=1S/C10H8BrClFN5/c11-5-4-15-10(18-14)17-9(5)16-7-3-1-2-6(12)8(7)13/h1-4H,14H2,(H2,15,16,17,18). The Morgan fingerprint density at radius 3 is 2.89 bits per heavy atom. The molecule has 0 atom stereocenters. The molecule has 8 heteroatoms. The van der Waals surface area contributed by atoms with E-state index in [1.807, 2.05) is 0 Å². The topological polar surface area (TPSA) is 75.9 Å². The van der Waals surface area contributed by atoms with Gasteiger partial charge in [-0.3, -0.25) is 5.43 Å². The number of halogens is 3. The summed E-state index contributed by atoms with van der Waals surface area (Å²) in [6, 6.07) is 4.64. The molecule has 2 rings (SSSR count). The zero-order valence-electron chi connectivity index (χ0n) is 8.92. The molecule has 1 aromatic carbocycles. The highest BCUT2D eigenvalue weighted by Gasteiger charge is 2.10. The van der Waals surface area contributed by atoms with Crippen molar-refractivity contribution in [1.29, 1.82) is 0 Å². The molecule has 0 amide bonds. The van der Waals surface area contributed by atoms with E-state index in [0.717, 1.165) is 0 Å². The summed E-state index contributed by atoms with van der Waals surface area (Å²) in [6.07, 6.45) is 1.49. The third-order valence-corrected chi connectivity index (χ3v) is 2.95. The summed E-state index contributed by atoms with van der Waals surface area (Å²) < 4.78 is 14.3. The van der Waals surface area contributed by atoms with Crippen LogP contribution in [0.1, 0.15) is 0 Å². The number of hydrazine groups is 1. The lowest BCUT2D eigenvalue weighted by molar-refractivity contribution is 0.632. The van der Waals surface area contributed by atoms with Crippen molar-refractivity contribution in [1.82, 2.24) is 9.97 Å². The molecule has 1 heterocycles. The molecule has 0 spiro atoms. The van der Waals surface area contributed by atoms with Gasteiger partial charge in [0.2, 0.25) is 5.95 Å². The maximum absolute atomic E-state index is 13.7. The fourth-order valence-corrected chi connectivity index (χ4v) is 1.72. The van der Waals surface area contributed by atoms with Crippen LogP contribution in [0.25, 0.3) is 0 Å². The highest BCUT2D eigenvalue weighted by molar-refractivity contribution is 9.10. The van der Waals surface area contributed by atoms with Crippen molar-refractivity contribution >= 4 is 45.0 Å². The fourth-order valence-electron chi connectivity index (χ4n) is 1.25. The van der Waals surface area contributed by atoms with Crippen molar-refractivity contribution in [3.63, 3.8) is 0 Å². The monoisotopic (exact) mass is 331 g/mol. The van der Waals surface area contributed by atoms with Gasteiger partial charge in [-0.25, -0.2) is 15.2 Å². The maximum Gasteiger partial charge on any atom is 0.239 e. The van der Waals surface area contributed by atoms with Gasteiger partial charge in [0.05, 0.1) is 15.2 Å². The first-order valence-electron chi connectivity index (χ1n) is 4.82. The number of anilines is 3. The predicted molar refractivity (Wildman–Crippen MR) is 72.2 cm³/mol. The average molecular weight is 333 g/mol. The smallest absolute Gasteiger partial charge is 0.239 e. The van der Waals surface area contributed by atoms with E-state index < -0.39 is 5.82 Å². The van der Waals surface area contributed by atoms with Gasteiger partial charge in [-0.2, -0.15) is 4.98 Å². The minimum Gasteiger partial charge on any atom is -0.337 e. The molecule has 94 valence electrons. The molecule has 0 aliphatic carbocycles. The molecule has 0 aliphatic rings. The Morgan fingerprint density at radius 2 is 2.17 bits per heavy atom. The number of aromatic nitrogens is 2. The Kier molecular flexibility index (Phi) is 3.95. The normalized spacial score (nSPS) is 10.2. The van der Waals surface area contributed by atoms with Gasteiger partial charge in [-0.15, -0.1) is 0 Å². The SMILES string of the molecule is NNc1ncc(Br)c(Nc2cccc(Cl)c2F)n1. The summed E-state index contributed by atoms with van der Waals surface area (Å²) >= 11 is 8.94. The van der Waals surface area contributed by atoms with Crippen LogP contribution in [0.5, 0.6) is 0 Å². The van der Waals surface area contributed by atoms with Gasteiger partial charge in [-0.05, 0) is 28.1 Å². The number of nitrogen functional groups attached to an aromatic ring is 1. The van der Waals surface area contributed by atoms with Crippen molar-refractivity contribution < 1.29 is 4.39 Å². The Balaban J connectivity index is 2.36. The van der Waals surface area contributed by atoms with E-state index in [2.05, 4.69) is 36.6 Å².